The van der Waals surface area contributed by atoms with E-state index in [1.54, 1.807) is 12.3 Å². The van der Waals surface area contributed by atoms with E-state index in [2.05, 4.69) is 10.3 Å². The summed E-state index contributed by atoms with van der Waals surface area (Å²) in [5, 5.41) is 11.7. The van der Waals surface area contributed by atoms with Crippen LogP contribution >= 0.6 is 0 Å². The van der Waals surface area contributed by atoms with Crippen LogP contribution in [0.2, 0.25) is 0 Å². The predicted octanol–water partition coefficient (Wildman–Crippen LogP) is 5.43. The van der Waals surface area contributed by atoms with Gasteiger partial charge in [0.1, 0.15) is 17.2 Å². The van der Waals surface area contributed by atoms with Gasteiger partial charge in [0.25, 0.3) is 5.91 Å². The molecule has 10 heteroatoms. The predicted molar refractivity (Wildman–Crippen MR) is 161 cm³/mol. The van der Waals surface area contributed by atoms with Crippen molar-refractivity contribution in [3.63, 3.8) is 0 Å². The van der Waals surface area contributed by atoms with Crippen LogP contribution in [0.1, 0.15) is 21.5 Å². The van der Waals surface area contributed by atoms with Crippen LogP contribution in [0.5, 0.6) is 0 Å². The molecule has 1 amide bonds. The maximum atomic E-state index is 14.7. The number of nitrogens with one attached hydrogen (secondary N) is 1. The molecule has 4 N–H and O–H groups in total. The fourth-order valence-corrected chi connectivity index (χ4v) is 4.85. The van der Waals surface area contributed by atoms with Gasteiger partial charge in [0.15, 0.2) is 11.5 Å². The van der Waals surface area contributed by atoms with E-state index in [1.165, 1.54) is 18.2 Å². The van der Waals surface area contributed by atoms with E-state index in [0.717, 1.165) is 22.5 Å². The molecule has 43 heavy (non-hydrogen) atoms. The summed E-state index contributed by atoms with van der Waals surface area (Å²) < 4.78 is 16.7. The number of amides is 1. The van der Waals surface area contributed by atoms with Crippen LogP contribution in [-0.2, 0) is 17.8 Å². The van der Waals surface area contributed by atoms with Gasteiger partial charge in [-0.3, -0.25) is 14.2 Å². The summed E-state index contributed by atoms with van der Waals surface area (Å²) in [5.41, 5.74) is 11.3. The maximum absolute atomic E-state index is 14.7. The number of fused-ring (bicyclic) bond motifs is 1. The third kappa shape index (κ3) is 5.53. The van der Waals surface area contributed by atoms with Gasteiger partial charge < -0.3 is 16.2 Å². The Balaban J connectivity index is 1.32. The van der Waals surface area contributed by atoms with Crippen molar-refractivity contribution in [3.8, 4) is 28.3 Å². The largest absolute Gasteiger partial charge is 0.481 e. The molecule has 0 saturated carbocycles. The van der Waals surface area contributed by atoms with Crippen LogP contribution < -0.4 is 11.1 Å². The molecule has 3 heterocycles. The molecule has 212 valence electrons. The summed E-state index contributed by atoms with van der Waals surface area (Å²) in [7, 11) is 0. The number of hydrogen-bond acceptors (Lipinski definition) is 6. The summed E-state index contributed by atoms with van der Waals surface area (Å²) in [6.07, 6.45) is 1.11. The lowest BCUT2D eigenvalue weighted by Gasteiger charge is -2.12. The van der Waals surface area contributed by atoms with Gasteiger partial charge in [-0.2, -0.15) is 0 Å². The number of carbonyl (C=O) groups excluding carboxylic acids is 1. The average molecular weight is 573 g/mol. The Bertz CT molecular complexity index is 1970. The fourth-order valence-electron chi connectivity index (χ4n) is 4.85. The number of nitrogens with two attached hydrogens (primary N) is 1. The first-order valence-corrected chi connectivity index (χ1v) is 13.4. The number of anilines is 1. The van der Waals surface area contributed by atoms with Gasteiger partial charge in [0.2, 0.25) is 0 Å². The van der Waals surface area contributed by atoms with Crippen molar-refractivity contribution in [3.05, 3.63) is 126 Å². The summed E-state index contributed by atoms with van der Waals surface area (Å²) >= 11 is 0. The van der Waals surface area contributed by atoms with Crippen molar-refractivity contribution >= 4 is 28.9 Å². The molecule has 0 saturated heterocycles. The van der Waals surface area contributed by atoms with Gasteiger partial charge in [-0.15, -0.1) is 0 Å². The topological polar surface area (TPSA) is 136 Å². The van der Waals surface area contributed by atoms with Crippen molar-refractivity contribution in [1.29, 1.82) is 0 Å². The lowest BCUT2D eigenvalue weighted by Crippen LogP contribution is -2.24. The second-order valence-corrected chi connectivity index (χ2v) is 9.81. The lowest BCUT2D eigenvalue weighted by molar-refractivity contribution is -0.136. The standard InChI is InChI=1S/C33H25FN6O3/c34-29-22(18-28(41)42)8-4-9-24(29)33(43)37-19-20-11-13-23(14-12-20)40-31(25-10-5-17-36-30(25)35)39-27-16-15-26(38-32(27)40)21-6-2-1-3-7-21/h1-17H,18-19H2,(H2,35,36)(H,37,43)(H,41,42). The zero-order valence-corrected chi connectivity index (χ0v) is 22.7. The summed E-state index contributed by atoms with van der Waals surface area (Å²) in [5.74, 6) is -1.74. The Morgan fingerprint density at radius 1 is 0.884 bits per heavy atom. The van der Waals surface area contributed by atoms with Gasteiger partial charge in [0.05, 0.1) is 23.2 Å². The van der Waals surface area contributed by atoms with E-state index in [0.29, 0.717) is 28.4 Å². The molecule has 0 bridgehead atoms. The number of rotatable bonds is 8. The highest BCUT2D eigenvalue weighted by molar-refractivity contribution is 5.95. The highest BCUT2D eigenvalue weighted by atomic mass is 19.1. The molecule has 0 aliphatic rings. The second-order valence-electron chi connectivity index (χ2n) is 9.81. The number of carboxylic acid groups (broad SMARTS) is 1. The smallest absolute Gasteiger partial charge is 0.307 e. The van der Waals surface area contributed by atoms with E-state index in [1.807, 2.05) is 77.4 Å². The number of carbonyl (C=O) groups is 2. The molecule has 0 fully saturated rings. The minimum Gasteiger partial charge on any atom is -0.481 e. The highest BCUT2D eigenvalue weighted by Gasteiger charge is 2.19. The van der Waals surface area contributed by atoms with Crippen LogP contribution in [0, 0.1) is 5.82 Å². The first-order valence-electron chi connectivity index (χ1n) is 13.4. The SMILES string of the molecule is Nc1ncccc1-c1nc2ccc(-c3ccccc3)nc2n1-c1ccc(CNC(=O)c2cccc(CC(=O)O)c2F)cc1. The van der Waals surface area contributed by atoms with Crippen molar-refractivity contribution in [2.24, 2.45) is 0 Å². The maximum Gasteiger partial charge on any atom is 0.307 e. The van der Waals surface area contributed by atoms with Crippen molar-refractivity contribution in [1.82, 2.24) is 24.8 Å². The first-order chi connectivity index (χ1) is 20.9. The number of aliphatic carboxylic acids is 1. The Morgan fingerprint density at radius 2 is 1.67 bits per heavy atom. The Labute approximate surface area is 245 Å². The molecule has 3 aromatic carbocycles. The number of halogens is 1. The molecule has 9 nitrogen and oxygen atoms in total. The van der Waals surface area contributed by atoms with Gasteiger partial charge in [-0.1, -0.05) is 54.6 Å². The monoisotopic (exact) mass is 572 g/mol. The van der Waals surface area contributed by atoms with Crippen LogP contribution in [-0.4, -0.2) is 36.5 Å². The van der Waals surface area contributed by atoms with Gasteiger partial charge in [-0.25, -0.2) is 19.3 Å². The number of pyridine rings is 2. The molecule has 0 atom stereocenters. The van der Waals surface area contributed by atoms with Gasteiger partial charge in [0, 0.05) is 24.0 Å². The Hall–Kier alpha value is -5.90. The van der Waals surface area contributed by atoms with Crippen LogP contribution in [0.3, 0.4) is 0 Å². The lowest BCUT2D eigenvalue weighted by atomic mass is 10.1. The molecular formula is C33H25FN6O3. The zero-order valence-electron chi connectivity index (χ0n) is 22.7. The number of nitrogens with zero attached hydrogens (tertiary/aromatic N) is 4. The molecule has 0 radical (unpaired) electrons. The van der Waals surface area contributed by atoms with Gasteiger partial charge >= 0.3 is 5.97 Å². The first kappa shape index (κ1) is 27.3. The average Bonchev–Trinajstić information content (AvgIpc) is 3.40. The molecule has 6 rings (SSSR count). The van der Waals surface area contributed by atoms with E-state index >= 15 is 0 Å². The molecule has 0 spiro atoms. The zero-order chi connectivity index (χ0) is 29.9. The van der Waals surface area contributed by atoms with E-state index in [4.69, 9.17) is 20.8 Å². The quantitative estimate of drug-likeness (QED) is 0.221. The van der Waals surface area contributed by atoms with E-state index < -0.39 is 24.1 Å². The number of imidazole rings is 1. The molecule has 0 aliphatic carbocycles. The molecule has 0 unspecified atom stereocenters. The third-order valence-electron chi connectivity index (χ3n) is 6.97. The summed E-state index contributed by atoms with van der Waals surface area (Å²) in [6, 6.07) is 28.9. The van der Waals surface area contributed by atoms with E-state index in [9.17, 15) is 14.0 Å². The third-order valence-corrected chi connectivity index (χ3v) is 6.97. The summed E-state index contributed by atoms with van der Waals surface area (Å²) in [4.78, 5) is 37.8. The number of hydrogen-bond donors (Lipinski definition) is 3. The minimum absolute atomic E-state index is 0.0499. The van der Waals surface area contributed by atoms with E-state index in [-0.39, 0.29) is 17.7 Å². The minimum atomic E-state index is -1.18. The normalized spacial score (nSPS) is 11.0. The fraction of sp³-hybridized carbons (Fsp3) is 0.0606. The highest BCUT2D eigenvalue weighted by Crippen LogP contribution is 2.31. The van der Waals surface area contributed by atoms with Crippen molar-refractivity contribution in [2.75, 3.05) is 5.73 Å². The Morgan fingerprint density at radius 3 is 2.42 bits per heavy atom. The number of nitrogen functional groups attached to an aromatic ring is 1. The molecule has 3 aromatic heterocycles. The number of benzene rings is 3. The molecular weight excluding hydrogens is 547 g/mol. The summed E-state index contributed by atoms with van der Waals surface area (Å²) in [6.45, 7) is 0.130. The van der Waals surface area contributed by atoms with Crippen molar-refractivity contribution in [2.45, 2.75) is 13.0 Å². The van der Waals surface area contributed by atoms with Gasteiger partial charge in [-0.05, 0) is 53.6 Å². The van der Waals surface area contributed by atoms with Crippen LogP contribution in [0.15, 0.2) is 103 Å². The molecule has 6 aromatic rings. The van der Waals surface area contributed by atoms with Crippen LogP contribution in [0.25, 0.3) is 39.5 Å². The number of aromatic nitrogens is 4. The van der Waals surface area contributed by atoms with Crippen LogP contribution in [0.4, 0.5) is 10.2 Å². The molecule has 0 aliphatic heterocycles. The second kappa shape index (κ2) is 11.5. The number of carboxylic acids is 1. The van der Waals surface area contributed by atoms with Crippen molar-refractivity contribution < 1.29 is 19.1 Å². The Kier molecular flexibility index (Phi) is 7.32.